The van der Waals surface area contributed by atoms with Gasteiger partial charge >= 0.3 is 11.9 Å². The van der Waals surface area contributed by atoms with Gasteiger partial charge in [0.2, 0.25) is 0 Å². The van der Waals surface area contributed by atoms with Crippen molar-refractivity contribution in [2.75, 3.05) is 13.2 Å². The molecule has 4 heteroatoms. The summed E-state index contributed by atoms with van der Waals surface area (Å²) in [5.74, 6) is 0.287. The smallest absolute Gasteiger partial charge is 0.305 e. The molecule has 0 N–H and O–H groups in total. The third-order valence-electron chi connectivity index (χ3n) is 3.98. The van der Waals surface area contributed by atoms with Crippen LogP contribution in [0.15, 0.2) is 0 Å². The fraction of sp³-hybridized carbons (Fsp3) is 0.882. The Morgan fingerprint density at radius 1 is 0.905 bits per heavy atom. The third kappa shape index (κ3) is 9.48. The largest absolute Gasteiger partial charge is 0.466 e. The van der Waals surface area contributed by atoms with Crippen LogP contribution in [-0.2, 0) is 19.1 Å². The summed E-state index contributed by atoms with van der Waals surface area (Å²) in [5, 5.41) is 0. The number of ether oxygens (including phenoxy) is 2. The van der Waals surface area contributed by atoms with Crippen LogP contribution in [0.3, 0.4) is 0 Å². The van der Waals surface area contributed by atoms with Gasteiger partial charge in [0.15, 0.2) is 0 Å². The number of carbonyl (C=O) groups excluding carboxylic acids is 2. The Labute approximate surface area is 128 Å². The highest BCUT2D eigenvalue weighted by Gasteiger charge is 2.15. The molecular formula is C17H30O4. The van der Waals surface area contributed by atoms with Crippen LogP contribution in [0.5, 0.6) is 0 Å². The molecule has 4 nitrogen and oxygen atoms in total. The zero-order valence-electron chi connectivity index (χ0n) is 13.4. The Kier molecular flexibility index (Phi) is 9.92. The van der Waals surface area contributed by atoms with Crippen molar-refractivity contribution in [2.45, 2.75) is 77.6 Å². The first-order chi connectivity index (χ1) is 10.2. The lowest BCUT2D eigenvalue weighted by atomic mass is 9.90. The topological polar surface area (TPSA) is 52.6 Å². The first-order valence-corrected chi connectivity index (χ1v) is 8.53. The second-order valence-corrected chi connectivity index (χ2v) is 5.97. The van der Waals surface area contributed by atoms with E-state index >= 15 is 0 Å². The molecule has 0 spiro atoms. The van der Waals surface area contributed by atoms with Crippen molar-refractivity contribution < 1.29 is 19.1 Å². The van der Waals surface area contributed by atoms with Gasteiger partial charge in [-0.25, -0.2) is 0 Å². The van der Waals surface area contributed by atoms with Gasteiger partial charge in [-0.3, -0.25) is 9.59 Å². The van der Waals surface area contributed by atoms with Crippen molar-refractivity contribution in [3.8, 4) is 0 Å². The van der Waals surface area contributed by atoms with Crippen molar-refractivity contribution in [3.05, 3.63) is 0 Å². The Balaban J connectivity index is 1.94. The fourth-order valence-electron chi connectivity index (χ4n) is 2.58. The molecule has 0 aromatic rings. The lowest BCUT2D eigenvalue weighted by Crippen LogP contribution is -2.16. The van der Waals surface area contributed by atoms with E-state index in [2.05, 4.69) is 6.92 Å². The van der Waals surface area contributed by atoms with Gasteiger partial charge < -0.3 is 9.47 Å². The zero-order valence-corrected chi connectivity index (χ0v) is 13.4. The molecule has 0 unspecified atom stereocenters. The molecule has 1 saturated carbocycles. The highest BCUT2D eigenvalue weighted by atomic mass is 16.5. The fourth-order valence-corrected chi connectivity index (χ4v) is 2.58. The molecule has 21 heavy (non-hydrogen) atoms. The maximum Gasteiger partial charge on any atom is 0.305 e. The number of esters is 2. The summed E-state index contributed by atoms with van der Waals surface area (Å²) in [6, 6.07) is 0. The second kappa shape index (κ2) is 11.6. The number of rotatable bonds is 10. The summed E-state index contributed by atoms with van der Waals surface area (Å²) < 4.78 is 10.4. The van der Waals surface area contributed by atoms with E-state index in [1.807, 2.05) is 0 Å². The van der Waals surface area contributed by atoms with Gasteiger partial charge in [-0.1, -0.05) is 32.6 Å². The maximum absolute atomic E-state index is 11.6. The van der Waals surface area contributed by atoms with Crippen LogP contribution in [-0.4, -0.2) is 25.2 Å². The standard InChI is InChI=1S/C17H30O4/c1-2-3-13-20-16(18)11-7-8-12-17(19)21-14-15-9-5-4-6-10-15/h15H,2-14H2,1H3. The summed E-state index contributed by atoms with van der Waals surface area (Å²) in [6.45, 7) is 3.16. The van der Waals surface area contributed by atoms with E-state index in [0.29, 0.717) is 44.8 Å². The third-order valence-corrected chi connectivity index (χ3v) is 3.98. The summed E-state index contributed by atoms with van der Waals surface area (Å²) in [5.41, 5.74) is 0. The Morgan fingerprint density at radius 2 is 1.52 bits per heavy atom. The molecule has 1 aliphatic rings. The number of unbranched alkanes of at least 4 members (excludes halogenated alkanes) is 2. The van der Waals surface area contributed by atoms with Crippen molar-refractivity contribution >= 4 is 11.9 Å². The van der Waals surface area contributed by atoms with Crippen molar-refractivity contribution in [1.82, 2.24) is 0 Å². The first-order valence-electron chi connectivity index (χ1n) is 8.53. The van der Waals surface area contributed by atoms with Crippen LogP contribution in [0, 0.1) is 5.92 Å². The average molecular weight is 298 g/mol. The van der Waals surface area contributed by atoms with E-state index in [1.54, 1.807) is 0 Å². The Hall–Kier alpha value is -1.06. The molecule has 0 radical (unpaired) electrons. The number of hydrogen-bond acceptors (Lipinski definition) is 4. The summed E-state index contributed by atoms with van der Waals surface area (Å²) >= 11 is 0. The van der Waals surface area contributed by atoms with Gasteiger partial charge in [-0.05, 0) is 38.0 Å². The predicted octanol–water partition coefficient (Wildman–Crippen LogP) is 4.01. The lowest BCUT2D eigenvalue weighted by molar-refractivity contribution is -0.147. The molecule has 0 heterocycles. The van der Waals surface area contributed by atoms with E-state index in [4.69, 9.17) is 9.47 Å². The van der Waals surface area contributed by atoms with Crippen molar-refractivity contribution in [1.29, 1.82) is 0 Å². The number of hydrogen-bond donors (Lipinski definition) is 0. The van der Waals surface area contributed by atoms with Crippen LogP contribution in [0.4, 0.5) is 0 Å². The molecule has 122 valence electrons. The van der Waals surface area contributed by atoms with E-state index < -0.39 is 0 Å². The zero-order chi connectivity index (χ0) is 15.3. The molecule has 1 rings (SSSR count). The summed E-state index contributed by atoms with van der Waals surface area (Å²) in [7, 11) is 0. The minimum Gasteiger partial charge on any atom is -0.466 e. The van der Waals surface area contributed by atoms with Crippen LogP contribution in [0.2, 0.25) is 0 Å². The molecule has 0 saturated heterocycles. The second-order valence-electron chi connectivity index (χ2n) is 5.97. The molecule has 0 amide bonds. The van der Waals surface area contributed by atoms with Crippen LogP contribution < -0.4 is 0 Å². The average Bonchev–Trinajstić information content (AvgIpc) is 2.51. The molecule has 0 aliphatic heterocycles. The highest BCUT2D eigenvalue weighted by Crippen LogP contribution is 2.23. The van der Waals surface area contributed by atoms with Crippen LogP contribution >= 0.6 is 0 Å². The molecule has 0 atom stereocenters. The van der Waals surface area contributed by atoms with Gasteiger partial charge in [-0.2, -0.15) is 0 Å². The van der Waals surface area contributed by atoms with Gasteiger partial charge in [0.25, 0.3) is 0 Å². The molecule has 0 aromatic heterocycles. The normalized spacial score (nSPS) is 15.7. The van der Waals surface area contributed by atoms with Gasteiger partial charge in [0, 0.05) is 12.8 Å². The maximum atomic E-state index is 11.6. The predicted molar refractivity (Wildman–Crippen MR) is 81.9 cm³/mol. The lowest BCUT2D eigenvalue weighted by Gasteiger charge is -2.20. The van der Waals surface area contributed by atoms with Crippen molar-refractivity contribution in [3.63, 3.8) is 0 Å². The SMILES string of the molecule is CCCCOC(=O)CCCCC(=O)OCC1CCCCC1. The van der Waals surface area contributed by atoms with Crippen LogP contribution in [0.25, 0.3) is 0 Å². The molecular weight excluding hydrogens is 268 g/mol. The first kappa shape index (κ1) is 18.0. The van der Waals surface area contributed by atoms with Crippen molar-refractivity contribution in [2.24, 2.45) is 5.92 Å². The van der Waals surface area contributed by atoms with E-state index in [9.17, 15) is 9.59 Å². The molecule has 1 fully saturated rings. The van der Waals surface area contributed by atoms with E-state index in [0.717, 1.165) is 12.8 Å². The van der Waals surface area contributed by atoms with Crippen LogP contribution in [0.1, 0.15) is 77.6 Å². The molecule has 0 aromatic carbocycles. The molecule has 0 bridgehead atoms. The van der Waals surface area contributed by atoms with Gasteiger partial charge in [-0.15, -0.1) is 0 Å². The molecule has 1 aliphatic carbocycles. The van der Waals surface area contributed by atoms with E-state index in [-0.39, 0.29) is 11.9 Å². The van der Waals surface area contributed by atoms with Gasteiger partial charge in [0.05, 0.1) is 13.2 Å². The summed E-state index contributed by atoms with van der Waals surface area (Å²) in [6.07, 6.45) is 10.4. The Morgan fingerprint density at radius 3 is 2.14 bits per heavy atom. The Bertz CT molecular complexity index is 295. The minimum absolute atomic E-state index is 0.125. The quantitative estimate of drug-likeness (QED) is 0.451. The minimum atomic E-state index is -0.154. The van der Waals surface area contributed by atoms with Gasteiger partial charge in [0.1, 0.15) is 0 Å². The van der Waals surface area contributed by atoms with E-state index in [1.165, 1.54) is 32.1 Å². The monoisotopic (exact) mass is 298 g/mol. The highest BCUT2D eigenvalue weighted by molar-refractivity contribution is 5.70. The summed E-state index contributed by atoms with van der Waals surface area (Å²) in [4.78, 5) is 23.0. The number of carbonyl (C=O) groups is 2.